The van der Waals surface area contributed by atoms with Crippen LogP contribution in [-0.4, -0.2) is 19.5 Å². The molecule has 0 saturated heterocycles. The van der Waals surface area contributed by atoms with E-state index >= 15 is 0 Å². The lowest BCUT2D eigenvalue weighted by Crippen LogP contribution is -2.09. The van der Waals surface area contributed by atoms with Gasteiger partial charge in [-0.1, -0.05) is 25.1 Å². The summed E-state index contributed by atoms with van der Waals surface area (Å²) >= 11 is 1.81. The predicted octanol–water partition coefficient (Wildman–Crippen LogP) is 2.83. The van der Waals surface area contributed by atoms with Crippen LogP contribution in [0.15, 0.2) is 29.2 Å². The first-order valence-corrected chi connectivity index (χ1v) is 6.24. The minimum absolute atomic E-state index is 0.149. The van der Waals surface area contributed by atoms with E-state index in [1.165, 1.54) is 10.5 Å². The van der Waals surface area contributed by atoms with E-state index in [1.807, 2.05) is 17.8 Å². The van der Waals surface area contributed by atoms with Crippen LogP contribution in [0.1, 0.15) is 24.9 Å². The van der Waals surface area contributed by atoms with Crippen LogP contribution in [0.4, 0.5) is 0 Å². The van der Waals surface area contributed by atoms with Crippen molar-refractivity contribution in [3.63, 3.8) is 0 Å². The average Bonchev–Trinajstić information content (AvgIpc) is 2.29. The molecule has 0 saturated carbocycles. The summed E-state index contributed by atoms with van der Waals surface area (Å²) in [6, 6.07) is 8.50. The standard InChI is InChI=1S/C12H19NOS/c1-3-11(13)10-6-4-5-7-12(10)15-9-8-14-2/h4-7,11H,3,8-9,13H2,1-2H3/t11-/m0/s1. The Kier molecular flexibility index (Phi) is 5.76. The van der Waals surface area contributed by atoms with Gasteiger partial charge in [-0.2, -0.15) is 0 Å². The molecule has 1 aromatic rings. The Labute approximate surface area is 96.2 Å². The second kappa shape index (κ2) is 6.88. The lowest BCUT2D eigenvalue weighted by Gasteiger charge is -2.14. The Balaban J connectivity index is 2.68. The third-order valence-electron chi connectivity index (χ3n) is 2.30. The van der Waals surface area contributed by atoms with E-state index < -0.39 is 0 Å². The fourth-order valence-corrected chi connectivity index (χ4v) is 2.40. The van der Waals surface area contributed by atoms with Gasteiger partial charge in [0, 0.05) is 23.8 Å². The zero-order valence-electron chi connectivity index (χ0n) is 9.40. The molecule has 0 amide bonds. The quantitative estimate of drug-likeness (QED) is 0.597. The zero-order valence-corrected chi connectivity index (χ0v) is 10.2. The summed E-state index contributed by atoms with van der Waals surface area (Å²) in [6.45, 7) is 2.89. The second-order valence-corrected chi connectivity index (χ2v) is 4.53. The van der Waals surface area contributed by atoms with Gasteiger partial charge in [0.25, 0.3) is 0 Å². The van der Waals surface area contributed by atoms with Gasteiger partial charge >= 0.3 is 0 Å². The van der Waals surface area contributed by atoms with E-state index in [4.69, 9.17) is 10.5 Å². The van der Waals surface area contributed by atoms with Crippen LogP contribution in [0.3, 0.4) is 0 Å². The molecular formula is C12H19NOS. The fraction of sp³-hybridized carbons (Fsp3) is 0.500. The van der Waals surface area contributed by atoms with Crippen LogP contribution in [0.5, 0.6) is 0 Å². The average molecular weight is 225 g/mol. The van der Waals surface area contributed by atoms with Gasteiger partial charge < -0.3 is 10.5 Å². The normalized spacial score (nSPS) is 12.7. The first-order valence-electron chi connectivity index (χ1n) is 5.25. The molecule has 1 rings (SSSR count). The van der Waals surface area contributed by atoms with Crippen molar-refractivity contribution in [3.8, 4) is 0 Å². The highest BCUT2D eigenvalue weighted by atomic mass is 32.2. The smallest absolute Gasteiger partial charge is 0.0556 e. The zero-order chi connectivity index (χ0) is 11.1. The summed E-state index contributed by atoms with van der Waals surface area (Å²) in [5.74, 6) is 0.976. The molecule has 0 aliphatic heterocycles. The fourth-order valence-electron chi connectivity index (χ4n) is 1.37. The van der Waals surface area contributed by atoms with Gasteiger partial charge in [-0.15, -0.1) is 11.8 Å². The molecule has 0 aromatic heterocycles. The number of rotatable bonds is 6. The second-order valence-electron chi connectivity index (χ2n) is 3.39. The molecule has 3 heteroatoms. The van der Waals surface area contributed by atoms with E-state index in [9.17, 15) is 0 Å². The predicted molar refractivity (Wildman–Crippen MR) is 66.3 cm³/mol. The third kappa shape index (κ3) is 3.86. The van der Waals surface area contributed by atoms with Crippen LogP contribution in [0.2, 0.25) is 0 Å². The van der Waals surface area contributed by atoms with Crippen molar-refractivity contribution in [2.45, 2.75) is 24.3 Å². The number of hydrogen-bond donors (Lipinski definition) is 1. The third-order valence-corrected chi connectivity index (χ3v) is 3.36. The van der Waals surface area contributed by atoms with Crippen molar-refractivity contribution in [1.29, 1.82) is 0 Å². The number of methoxy groups -OCH3 is 1. The van der Waals surface area contributed by atoms with E-state index in [1.54, 1.807) is 7.11 Å². The molecule has 0 aliphatic carbocycles. The molecule has 2 N–H and O–H groups in total. The largest absolute Gasteiger partial charge is 0.384 e. The van der Waals surface area contributed by atoms with E-state index in [2.05, 4.69) is 25.1 Å². The van der Waals surface area contributed by atoms with E-state index in [0.717, 1.165) is 18.8 Å². The van der Waals surface area contributed by atoms with Crippen LogP contribution in [-0.2, 0) is 4.74 Å². The Morgan fingerprint density at radius 3 is 2.80 bits per heavy atom. The number of benzene rings is 1. The van der Waals surface area contributed by atoms with Gasteiger partial charge in [0.05, 0.1) is 6.61 Å². The first kappa shape index (κ1) is 12.6. The summed E-state index contributed by atoms with van der Waals surface area (Å²) in [6.07, 6.45) is 0.974. The summed E-state index contributed by atoms with van der Waals surface area (Å²) in [5.41, 5.74) is 7.31. The molecule has 84 valence electrons. The molecule has 0 bridgehead atoms. The molecular weight excluding hydrogens is 206 g/mol. The van der Waals surface area contributed by atoms with Crippen LogP contribution < -0.4 is 5.73 Å². The lowest BCUT2D eigenvalue weighted by molar-refractivity contribution is 0.218. The molecule has 1 aromatic carbocycles. The van der Waals surface area contributed by atoms with Crippen molar-refractivity contribution in [2.75, 3.05) is 19.5 Å². The Bertz CT molecular complexity index is 291. The lowest BCUT2D eigenvalue weighted by atomic mass is 10.1. The maximum Gasteiger partial charge on any atom is 0.0556 e. The molecule has 0 fully saturated rings. The molecule has 0 unspecified atom stereocenters. The number of nitrogens with two attached hydrogens (primary N) is 1. The van der Waals surface area contributed by atoms with Crippen LogP contribution in [0, 0.1) is 0 Å². The van der Waals surface area contributed by atoms with E-state index in [0.29, 0.717) is 0 Å². The van der Waals surface area contributed by atoms with Gasteiger partial charge in [-0.25, -0.2) is 0 Å². The summed E-state index contributed by atoms with van der Waals surface area (Å²) in [5, 5.41) is 0. The Morgan fingerprint density at radius 2 is 2.13 bits per heavy atom. The molecule has 0 heterocycles. The minimum atomic E-state index is 0.149. The maximum atomic E-state index is 6.05. The highest BCUT2D eigenvalue weighted by molar-refractivity contribution is 7.99. The molecule has 0 spiro atoms. The van der Waals surface area contributed by atoms with Gasteiger partial charge in [0.2, 0.25) is 0 Å². The van der Waals surface area contributed by atoms with Gasteiger partial charge in [-0.3, -0.25) is 0 Å². The molecule has 15 heavy (non-hydrogen) atoms. The molecule has 0 radical (unpaired) electrons. The summed E-state index contributed by atoms with van der Waals surface area (Å²) in [7, 11) is 1.73. The topological polar surface area (TPSA) is 35.2 Å². The van der Waals surface area contributed by atoms with Gasteiger partial charge in [0.1, 0.15) is 0 Å². The number of ether oxygens (including phenoxy) is 1. The number of hydrogen-bond acceptors (Lipinski definition) is 3. The van der Waals surface area contributed by atoms with Crippen molar-refractivity contribution in [1.82, 2.24) is 0 Å². The first-order chi connectivity index (χ1) is 7.29. The van der Waals surface area contributed by atoms with E-state index in [-0.39, 0.29) is 6.04 Å². The van der Waals surface area contributed by atoms with Crippen LogP contribution >= 0.6 is 11.8 Å². The summed E-state index contributed by atoms with van der Waals surface area (Å²) < 4.78 is 5.04. The highest BCUT2D eigenvalue weighted by Crippen LogP contribution is 2.27. The monoisotopic (exact) mass is 225 g/mol. The van der Waals surface area contributed by atoms with Crippen molar-refractivity contribution in [2.24, 2.45) is 5.73 Å². The van der Waals surface area contributed by atoms with Gasteiger partial charge in [-0.05, 0) is 18.1 Å². The maximum absolute atomic E-state index is 6.05. The van der Waals surface area contributed by atoms with Crippen molar-refractivity contribution >= 4 is 11.8 Å². The molecule has 1 atom stereocenters. The minimum Gasteiger partial charge on any atom is -0.384 e. The Hall–Kier alpha value is -0.510. The Morgan fingerprint density at radius 1 is 1.40 bits per heavy atom. The van der Waals surface area contributed by atoms with Crippen LogP contribution in [0.25, 0.3) is 0 Å². The SMILES string of the molecule is CC[C@H](N)c1ccccc1SCCOC. The van der Waals surface area contributed by atoms with Gasteiger partial charge in [0.15, 0.2) is 0 Å². The van der Waals surface area contributed by atoms with Crippen molar-refractivity contribution < 1.29 is 4.74 Å². The molecule has 2 nitrogen and oxygen atoms in total. The highest BCUT2D eigenvalue weighted by Gasteiger charge is 2.08. The number of thioether (sulfide) groups is 1. The summed E-state index contributed by atoms with van der Waals surface area (Å²) in [4.78, 5) is 1.28. The molecule has 0 aliphatic rings. The van der Waals surface area contributed by atoms with Crippen molar-refractivity contribution in [3.05, 3.63) is 29.8 Å².